The van der Waals surface area contributed by atoms with E-state index in [1.165, 1.54) is 4.57 Å². The number of imidazole rings is 1. The van der Waals surface area contributed by atoms with Crippen LogP contribution in [0.4, 0.5) is 0 Å². The highest BCUT2D eigenvalue weighted by Gasteiger charge is 2.11. The number of nitrogens with one attached hydrogen (secondary N) is 1. The van der Waals surface area contributed by atoms with E-state index in [-0.39, 0.29) is 11.4 Å². The average molecular weight is 319 g/mol. The molecular formula is C14H11BrN2O2. The quantitative estimate of drug-likeness (QED) is 0.763. The number of fused-ring (bicyclic) bond motifs is 1. The maximum absolute atomic E-state index is 12.0. The zero-order chi connectivity index (χ0) is 13.4. The molecule has 0 amide bonds. The van der Waals surface area contributed by atoms with Crippen molar-refractivity contribution in [1.82, 2.24) is 9.55 Å². The predicted molar refractivity (Wildman–Crippen MR) is 77.5 cm³/mol. The molecule has 2 N–H and O–H groups in total. The van der Waals surface area contributed by atoms with Gasteiger partial charge in [0.2, 0.25) is 0 Å². The number of aromatic amines is 1. The predicted octanol–water partition coefficient (Wildman–Crippen LogP) is 2.85. The van der Waals surface area contributed by atoms with E-state index in [2.05, 4.69) is 20.9 Å². The van der Waals surface area contributed by atoms with Crippen molar-refractivity contribution >= 4 is 27.0 Å². The summed E-state index contributed by atoms with van der Waals surface area (Å²) in [6.45, 7) is 0.401. The van der Waals surface area contributed by atoms with Crippen molar-refractivity contribution in [2.45, 2.75) is 6.54 Å². The van der Waals surface area contributed by atoms with E-state index >= 15 is 0 Å². The van der Waals surface area contributed by atoms with E-state index < -0.39 is 0 Å². The van der Waals surface area contributed by atoms with Gasteiger partial charge in [-0.25, -0.2) is 4.79 Å². The highest BCUT2D eigenvalue weighted by Crippen LogP contribution is 2.24. The first-order valence-corrected chi connectivity index (χ1v) is 6.60. The molecule has 0 radical (unpaired) electrons. The molecule has 0 aliphatic heterocycles. The largest absolute Gasteiger partial charge is 0.506 e. The molecule has 0 fully saturated rings. The number of halogens is 1. The zero-order valence-corrected chi connectivity index (χ0v) is 11.5. The molecule has 3 aromatic rings. The van der Waals surface area contributed by atoms with E-state index in [0.717, 1.165) is 10.0 Å². The summed E-state index contributed by atoms with van der Waals surface area (Å²) in [6.07, 6.45) is 0. The van der Waals surface area contributed by atoms with Gasteiger partial charge in [-0.05, 0) is 23.8 Å². The maximum atomic E-state index is 12.0. The second kappa shape index (κ2) is 4.59. The Kier molecular flexibility index (Phi) is 2.91. The smallest absolute Gasteiger partial charge is 0.326 e. The molecule has 5 heteroatoms. The van der Waals surface area contributed by atoms with Gasteiger partial charge < -0.3 is 10.1 Å². The summed E-state index contributed by atoms with van der Waals surface area (Å²) in [5, 5.41) is 9.92. The first kappa shape index (κ1) is 12.0. The van der Waals surface area contributed by atoms with Gasteiger partial charge in [-0.15, -0.1) is 0 Å². The number of phenolic OH excluding ortho intramolecular Hbond substituents is 1. The van der Waals surface area contributed by atoms with Crippen molar-refractivity contribution in [1.29, 1.82) is 0 Å². The Bertz CT molecular complexity index is 805. The van der Waals surface area contributed by atoms with E-state index in [1.807, 2.05) is 24.3 Å². The fraction of sp³-hybridized carbons (Fsp3) is 0.0714. The Hall–Kier alpha value is -2.01. The van der Waals surface area contributed by atoms with Crippen LogP contribution in [0.25, 0.3) is 11.0 Å². The van der Waals surface area contributed by atoms with Gasteiger partial charge in [0.1, 0.15) is 11.3 Å². The number of rotatable bonds is 2. The number of H-pyrrole nitrogens is 1. The molecule has 0 unspecified atom stereocenters. The number of aromatic hydroxyl groups is 1. The van der Waals surface area contributed by atoms with Gasteiger partial charge in [0.25, 0.3) is 0 Å². The molecule has 19 heavy (non-hydrogen) atoms. The molecule has 0 saturated heterocycles. The lowest BCUT2D eigenvalue weighted by Gasteiger charge is -2.06. The van der Waals surface area contributed by atoms with Gasteiger partial charge in [-0.1, -0.05) is 40.2 Å². The number of hydrogen-bond acceptors (Lipinski definition) is 2. The minimum atomic E-state index is -0.229. The van der Waals surface area contributed by atoms with Crippen molar-refractivity contribution in [3.63, 3.8) is 0 Å². The molecule has 3 rings (SSSR count). The molecular weight excluding hydrogens is 308 g/mol. The fourth-order valence-electron chi connectivity index (χ4n) is 2.15. The number of aromatic nitrogens is 2. The third-order valence-corrected chi connectivity index (χ3v) is 3.83. The van der Waals surface area contributed by atoms with Crippen LogP contribution in [-0.4, -0.2) is 14.7 Å². The molecule has 0 spiro atoms. The van der Waals surface area contributed by atoms with Gasteiger partial charge >= 0.3 is 5.69 Å². The molecule has 0 aliphatic carbocycles. The van der Waals surface area contributed by atoms with Crippen LogP contribution in [0.3, 0.4) is 0 Å². The highest BCUT2D eigenvalue weighted by atomic mass is 79.9. The standard InChI is InChI=1S/C14H11BrN2O2/c15-10-5-2-1-4-9(10)8-17-13-11(16-14(17)19)6-3-7-12(13)18/h1-7,18H,8H2,(H,16,19). The third-order valence-electron chi connectivity index (χ3n) is 3.06. The molecule has 0 saturated carbocycles. The van der Waals surface area contributed by atoms with Crippen molar-refractivity contribution in [2.75, 3.05) is 0 Å². The van der Waals surface area contributed by atoms with Crippen molar-refractivity contribution in [2.24, 2.45) is 0 Å². The van der Waals surface area contributed by atoms with Crippen LogP contribution >= 0.6 is 15.9 Å². The van der Waals surface area contributed by atoms with Crippen LogP contribution in [0.5, 0.6) is 5.75 Å². The lowest BCUT2D eigenvalue weighted by molar-refractivity contribution is 0.478. The number of nitrogens with zero attached hydrogens (tertiary/aromatic N) is 1. The summed E-state index contributed by atoms with van der Waals surface area (Å²) in [7, 11) is 0. The second-order valence-corrected chi connectivity index (χ2v) is 5.14. The topological polar surface area (TPSA) is 58.0 Å². The van der Waals surface area contributed by atoms with Gasteiger partial charge in [-0.2, -0.15) is 0 Å². The summed E-state index contributed by atoms with van der Waals surface area (Å²) in [5.74, 6) is 0.0999. The summed E-state index contributed by atoms with van der Waals surface area (Å²) in [6, 6.07) is 12.8. The summed E-state index contributed by atoms with van der Waals surface area (Å²) in [5.41, 5.74) is 1.92. The minimum absolute atomic E-state index is 0.0999. The van der Waals surface area contributed by atoms with E-state index in [1.54, 1.807) is 18.2 Å². The summed E-state index contributed by atoms with van der Waals surface area (Å²) >= 11 is 3.46. The van der Waals surface area contributed by atoms with Crippen LogP contribution < -0.4 is 5.69 Å². The van der Waals surface area contributed by atoms with Crippen LogP contribution in [0.1, 0.15) is 5.56 Å². The van der Waals surface area contributed by atoms with E-state index in [4.69, 9.17) is 0 Å². The molecule has 4 nitrogen and oxygen atoms in total. The molecule has 96 valence electrons. The third kappa shape index (κ3) is 2.06. The van der Waals surface area contributed by atoms with Gasteiger partial charge in [0.15, 0.2) is 0 Å². The lowest BCUT2D eigenvalue weighted by atomic mass is 10.2. The monoisotopic (exact) mass is 318 g/mol. The molecule has 0 bridgehead atoms. The SMILES string of the molecule is O=c1[nH]c2cccc(O)c2n1Cc1ccccc1Br. The number of para-hydroxylation sites is 1. The number of hydrogen-bond donors (Lipinski definition) is 2. The first-order chi connectivity index (χ1) is 9.16. The minimum Gasteiger partial charge on any atom is -0.506 e. The van der Waals surface area contributed by atoms with Crippen LogP contribution in [-0.2, 0) is 6.54 Å². The second-order valence-electron chi connectivity index (χ2n) is 4.28. The molecule has 1 aromatic heterocycles. The number of benzene rings is 2. The van der Waals surface area contributed by atoms with Crippen LogP contribution in [0, 0.1) is 0 Å². The molecule has 0 atom stereocenters. The van der Waals surface area contributed by atoms with Crippen LogP contribution in [0.15, 0.2) is 51.7 Å². The Morgan fingerprint density at radius 3 is 2.74 bits per heavy atom. The number of phenols is 1. The van der Waals surface area contributed by atoms with Crippen molar-refractivity contribution in [3.8, 4) is 5.75 Å². The van der Waals surface area contributed by atoms with Gasteiger partial charge in [0.05, 0.1) is 12.1 Å². The van der Waals surface area contributed by atoms with Gasteiger partial charge in [-0.3, -0.25) is 4.57 Å². The van der Waals surface area contributed by atoms with E-state index in [0.29, 0.717) is 17.6 Å². The fourth-order valence-corrected chi connectivity index (χ4v) is 2.56. The Labute approximate surface area is 117 Å². The average Bonchev–Trinajstić information content (AvgIpc) is 2.70. The van der Waals surface area contributed by atoms with Gasteiger partial charge in [0, 0.05) is 4.47 Å². The Morgan fingerprint density at radius 2 is 1.95 bits per heavy atom. The lowest BCUT2D eigenvalue weighted by Crippen LogP contribution is -2.17. The highest BCUT2D eigenvalue weighted by molar-refractivity contribution is 9.10. The molecule has 0 aliphatic rings. The Morgan fingerprint density at radius 1 is 1.16 bits per heavy atom. The summed E-state index contributed by atoms with van der Waals surface area (Å²) < 4.78 is 2.47. The van der Waals surface area contributed by atoms with Crippen molar-refractivity contribution in [3.05, 3.63) is 63.0 Å². The van der Waals surface area contributed by atoms with Crippen LogP contribution in [0.2, 0.25) is 0 Å². The first-order valence-electron chi connectivity index (χ1n) is 5.81. The normalized spacial score (nSPS) is 11.0. The molecule has 1 heterocycles. The maximum Gasteiger partial charge on any atom is 0.326 e. The summed E-state index contributed by atoms with van der Waals surface area (Å²) in [4.78, 5) is 14.7. The molecule has 2 aromatic carbocycles. The van der Waals surface area contributed by atoms with Crippen molar-refractivity contribution < 1.29 is 5.11 Å². The Balaban J connectivity index is 2.19. The van der Waals surface area contributed by atoms with E-state index in [9.17, 15) is 9.90 Å². The zero-order valence-electron chi connectivity index (χ0n) is 9.93.